The molecule has 0 atom stereocenters. The van der Waals surface area contributed by atoms with Crippen molar-refractivity contribution in [2.75, 3.05) is 9.80 Å². The second kappa shape index (κ2) is 21.7. The van der Waals surface area contributed by atoms with Crippen molar-refractivity contribution >= 4 is 86.0 Å². The zero-order valence-electron chi connectivity index (χ0n) is 55.8. The average Bonchev–Trinajstić information content (AvgIpc) is 1.41. The Bertz CT molecular complexity index is 5630. The number of rotatable bonds is 8. The summed E-state index contributed by atoms with van der Waals surface area (Å²) < 4.78 is 0. The summed E-state index contributed by atoms with van der Waals surface area (Å²) in [6.07, 6.45) is 0. The van der Waals surface area contributed by atoms with Crippen LogP contribution in [0.25, 0.3) is 66.8 Å². The predicted molar refractivity (Wildman–Crippen MR) is 428 cm³/mol. The summed E-state index contributed by atoms with van der Waals surface area (Å²) in [6.45, 7) is -0.248. The lowest BCUT2D eigenvalue weighted by Gasteiger charge is -2.47. The fraction of sp³-hybridized carbons (Fsp3) is 0.0204. The van der Waals surface area contributed by atoms with Gasteiger partial charge in [-0.05, 0) is 174 Å². The van der Waals surface area contributed by atoms with Crippen LogP contribution in [0.1, 0.15) is 44.5 Å². The van der Waals surface area contributed by atoms with Crippen molar-refractivity contribution in [3.05, 3.63) is 427 Å². The van der Waals surface area contributed by atoms with Crippen LogP contribution < -0.4 is 46.9 Å². The molecule has 2 aliphatic heterocycles. The Labute approximate surface area is 596 Å². The molecule has 0 aromatic heterocycles. The molecule has 16 aromatic carbocycles. The van der Waals surface area contributed by atoms with Crippen molar-refractivity contribution < 1.29 is 0 Å². The van der Waals surface area contributed by atoms with Gasteiger partial charge in [-0.15, -0.1) is 0 Å². The summed E-state index contributed by atoms with van der Waals surface area (Å²) in [7, 11) is -3.41. The highest BCUT2D eigenvalue weighted by Crippen LogP contribution is 2.68. The highest BCUT2D eigenvalue weighted by molar-refractivity contribution is 7.20. The Hall–Kier alpha value is -12.6. The minimum absolute atomic E-state index is 0.248. The first kappa shape index (κ1) is 57.3. The van der Waals surface area contributed by atoms with Gasteiger partial charge in [-0.3, -0.25) is 0 Å². The van der Waals surface area contributed by atoms with E-state index in [0.717, 1.165) is 11.4 Å². The largest absolute Gasteiger partial charge is 0.311 e. The third-order valence-electron chi connectivity index (χ3n) is 23.8. The summed E-state index contributed by atoms with van der Waals surface area (Å²) in [4.78, 5) is 5.55. The third-order valence-corrected chi connectivity index (χ3v) is 28.5. The van der Waals surface area contributed by atoms with Crippen molar-refractivity contribution in [3.8, 4) is 66.8 Å². The topological polar surface area (TPSA) is 6.48 Å². The molecule has 2 spiro atoms. The molecule has 6 aliphatic rings. The van der Waals surface area contributed by atoms with Crippen LogP contribution >= 0.6 is 0 Å². The number of hydrogen-bond acceptors (Lipinski definition) is 2. The molecule has 4 heteroatoms. The summed E-state index contributed by atoms with van der Waals surface area (Å²) in [5, 5.41) is 5.26. The highest BCUT2D eigenvalue weighted by atomic mass is 28.3. The quantitative estimate of drug-likeness (QED) is 0.111. The minimum Gasteiger partial charge on any atom is -0.311 e. The number of benzene rings is 16. The number of fused-ring (bicyclic) bond motifs is 24. The molecule has 0 unspecified atom stereocenters. The van der Waals surface area contributed by atoms with E-state index in [4.69, 9.17) is 0 Å². The van der Waals surface area contributed by atoms with Crippen LogP contribution in [-0.2, 0) is 10.8 Å². The molecule has 4 aliphatic carbocycles. The van der Waals surface area contributed by atoms with E-state index in [0.29, 0.717) is 0 Å². The van der Waals surface area contributed by atoms with Crippen LogP contribution in [0.4, 0.5) is 34.1 Å². The van der Waals surface area contributed by atoms with Gasteiger partial charge in [0.15, 0.2) is 8.07 Å². The number of anilines is 6. The summed E-state index contributed by atoms with van der Waals surface area (Å²) in [5.74, 6) is 0. The Morgan fingerprint density at radius 1 is 0.206 bits per heavy atom. The van der Waals surface area contributed by atoms with E-state index in [1.165, 1.54) is 171 Å². The Balaban J connectivity index is 0.941. The molecule has 102 heavy (non-hydrogen) atoms. The van der Waals surface area contributed by atoms with Gasteiger partial charge in [-0.25, -0.2) is 0 Å². The maximum Gasteiger partial charge on any atom is 0.252 e. The van der Waals surface area contributed by atoms with E-state index in [1.807, 2.05) is 0 Å². The molecule has 0 bridgehead atoms. The Morgan fingerprint density at radius 3 is 0.824 bits per heavy atom. The van der Waals surface area contributed by atoms with Crippen LogP contribution in [0.5, 0.6) is 0 Å². The Morgan fingerprint density at radius 2 is 0.490 bits per heavy atom. The highest BCUT2D eigenvalue weighted by Gasteiger charge is 2.57. The predicted octanol–water partition coefficient (Wildman–Crippen LogP) is 19.2. The van der Waals surface area contributed by atoms with Crippen molar-refractivity contribution in [2.45, 2.75) is 10.8 Å². The molecule has 472 valence electrons. The van der Waals surface area contributed by atoms with E-state index in [2.05, 4.69) is 392 Å². The molecule has 22 rings (SSSR count). The molecule has 2 nitrogen and oxygen atoms in total. The van der Waals surface area contributed by atoms with E-state index in [1.54, 1.807) is 0 Å². The van der Waals surface area contributed by atoms with Gasteiger partial charge in [0, 0.05) is 33.9 Å². The van der Waals surface area contributed by atoms with Gasteiger partial charge in [0.05, 0.1) is 22.2 Å². The maximum atomic E-state index is 2.78. The first-order chi connectivity index (χ1) is 50.6. The van der Waals surface area contributed by atoms with Crippen LogP contribution in [0.3, 0.4) is 0 Å². The van der Waals surface area contributed by atoms with Crippen LogP contribution in [0.2, 0.25) is 0 Å². The normalized spacial score (nSPS) is 14.2. The van der Waals surface area contributed by atoms with Gasteiger partial charge in [0.25, 0.3) is 6.71 Å². The average molecular weight is 1310 g/mol. The van der Waals surface area contributed by atoms with Crippen molar-refractivity contribution in [2.24, 2.45) is 0 Å². The zero-order valence-corrected chi connectivity index (χ0v) is 56.8. The van der Waals surface area contributed by atoms with Crippen LogP contribution in [0, 0.1) is 0 Å². The van der Waals surface area contributed by atoms with E-state index >= 15 is 0 Å². The van der Waals surface area contributed by atoms with Crippen molar-refractivity contribution in [1.29, 1.82) is 0 Å². The smallest absolute Gasteiger partial charge is 0.252 e. The second-order valence-corrected chi connectivity index (χ2v) is 32.1. The first-order valence-corrected chi connectivity index (χ1v) is 37.8. The zero-order chi connectivity index (χ0) is 66.8. The molecule has 2 heterocycles. The summed E-state index contributed by atoms with van der Waals surface area (Å²) in [6, 6.07) is 147. The lowest BCUT2D eigenvalue weighted by Crippen LogP contribution is -2.75. The lowest BCUT2D eigenvalue weighted by atomic mass is 9.33. The summed E-state index contributed by atoms with van der Waals surface area (Å²) >= 11 is 0. The molecule has 0 fully saturated rings. The number of nitrogens with zero attached hydrogens (tertiary/aromatic N) is 2. The van der Waals surface area contributed by atoms with Gasteiger partial charge >= 0.3 is 0 Å². The molecule has 16 aromatic rings. The van der Waals surface area contributed by atoms with E-state index in [9.17, 15) is 0 Å². The molecule has 0 N–H and O–H groups in total. The Kier molecular flexibility index (Phi) is 12.2. The second-order valence-electron chi connectivity index (χ2n) is 28.3. The van der Waals surface area contributed by atoms with Crippen molar-refractivity contribution in [1.82, 2.24) is 0 Å². The van der Waals surface area contributed by atoms with Gasteiger partial charge in [-0.2, -0.15) is 0 Å². The monoisotopic (exact) mass is 1310 g/mol. The first-order valence-electron chi connectivity index (χ1n) is 35.8. The molecule has 0 amide bonds. The summed E-state index contributed by atoms with van der Waals surface area (Å²) in [5.41, 5.74) is 34.9. The minimum atomic E-state index is -3.41. The fourth-order valence-corrected chi connectivity index (χ4v) is 24.8. The van der Waals surface area contributed by atoms with Crippen LogP contribution in [0.15, 0.2) is 382 Å². The number of hydrogen-bond donors (Lipinski definition) is 0. The third kappa shape index (κ3) is 7.48. The molecule has 0 saturated heterocycles. The van der Waals surface area contributed by atoms with E-state index < -0.39 is 18.9 Å². The molecular weight excluding hydrogens is 1240 g/mol. The van der Waals surface area contributed by atoms with Crippen molar-refractivity contribution in [3.63, 3.8) is 0 Å². The van der Waals surface area contributed by atoms with Crippen LogP contribution in [-0.4, -0.2) is 14.8 Å². The maximum absolute atomic E-state index is 3.41. The fourth-order valence-electron chi connectivity index (χ4n) is 20.1. The standard InChI is InChI=1S/C98H63BN2Si/c1-6-30-64(31-7-1)66-56-58-88-86(60-66)99-87-61-67(65-32-8-2-9-33-65)57-59-89(87)101(91-55-29-47-79-77-45-21-27-53-85(77)98(95(79)91)82-50-24-18-42-74(82)75-43-19-25-51-83(75)98)93-63-71(102(68-34-10-3-11-35-68,69-36-12-4-13-37-69)70-38-14-5-15-39-70)62-92(96(93)99)100(88)90-54-28-46-78-76-44-20-26-52-84(76)97(94(78)90)80-48-22-16-40-72(80)73-41-17-23-49-81(73)97/h1-63H. The van der Waals surface area contributed by atoms with Gasteiger partial charge in [-0.1, -0.05) is 346 Å². The molecule has 0 saturated carbocycles. The molecule has 0 radical (unpaired) electrons. The van der Waals surface area contributed by atoms with Gasteiger partial charge in [0.1, 0.15) is 0 Å². The SMILES string of the molecule is c1ccc(-c2ccc3c(c2)B2c4cc(-c5ccccc5)ccc4N(c4cccc5c4C4(c6ccccc6-c6ccccc64)c4ccccc4-5)c4cc([Si](c5ccccc5)(c5ccccc5)c5ccccc5)cc(c42)N3c2cccc3c2C2(c4ccccc4-c4ccccc42)c2ccccc2-3)cc1. The lowest BCUT2D eigenvalue weighted by molar-refractivity contribution is 0.792. The molecular formula is C98H63BN2Si. The van der Waals surface area contributed by atoms with E-state index in [-0.39, 0.29) is 6.71 Å². The van der Waals surface area contributed by atoms with Gasteiger partial charge in [0.2, 0.25) is 0 Å². The van der Waals surface area contributed by atoms with Gasteiger partial charge < -0.3 is 9.80 Å².